The predicted molar refractivity (Wildman–Crippen MR) is 96.9 cm³/mol. The number of ether oxygens (including phenoxy) is 1. The monoisotopic (exact) mass is 338 g/mol. The van der Waals surface area contributed by atoms with Gasteiger partial charge in [0.05, 0.1) is 11.3 Å². The van der Waals surface area contributed by atoms with Crippen molar-refractivity contribution in [2.24, 2.45) is 0 Å². The summed E-state index contributed by atoms with van der Waals surface area (Å²) >= 11 is 0. The Bertz CT molecular complexity index is 763. The van der Waals surface area contributed by atoms with Crippen molar-refractivity contribution in [3.63, 3.8) is 0 Å². The standard InChI is InChI=1S/C20H22N2O3/c1-3-13(2)21-19(23)15-9-5-6-10-16(15)22-20(24)18-12-14-8-4-7-11-17(14)25-18/h4-11,13,18H,3,12H2,1-2H3,(H,21,23)(H,22,24)/t13-,18-/m0/s1. The first-order valence-corrected chi connectivity index (χ1v) is 8.53. The van der Waals surface area contributed by atoms with E-state index in [4.69, 9.17) is 4.74 Å². The van der Waals surface area contributed by atoms with Gasteiger partial charge in [-0.05, 0) is 37.1 Å². The molecular weight excluding hydrogens is 316 g/mol. The molecule has 3 rings (SSSR count). The van der Waals surface area contributed by atoms with Crippen molar-refractivity contribution in [2.75, 3.05) is 5.32 Å². The van der Waals surface area contributed by atoms with Crippen LogP contribution in [0.2, 0.25) is 0 Å². The van der Waals surface area contributed by atoms with Crippen molar-refractivity contribution in [3.8, 4) is 5.75 Å². The van der Waals surface area contributed by atoms with E-state index in [2.05, 4.69) is 10.6 Å². The molecule has 2 atom stereocenters. The van der Waals surface area contributed by atoms with Crippen molar-refractivity contribution in [1.82, 2.24) is 5.32 Å². The highest BCUT2D eigenvalue weighted by molar-refractivity contribution is 6.05. The van der Waals surface area contributed by atoms with Crippen LogP contribution in [0.15, 0.2) is 48.5 Å². The molecule has 2 N–H and O–H groups in total. The van der Waals surface area contributed by atoms with Gasteiger partial charge in [-0.2, -0.15) is 0 Å². The van der Waals surface area contributed by atoms with E-state index in [0.29, 0.717) is 17.7 Å². The maximum absolute atomic E-state index is 12.6. The maximum Gasteiger partial charge on any atom is 0.265 e. The van der Waals surface area contributed by atoms with E-state index >= 15 is 0 Å². The van der Waals surface area contributed by atoms with Gasteiger partial charge in [-0.1, -0.05) is 37.3 Å². The Hall–Kier alpha value is -2.82. The van der Waals surface area contributed by atoms with Crippen molar-refractivity contribution in [2.45, 2.75) is 38.8 Å². The summed E-state index contributed by atoms with van der Waals surface area (Å²) in [5.41, 5.74) is 1.96. The summed E-state index contributed by atoms with van der Waals surface area (Å²) < 4.78 is 5.71. The van der Waals surface area contributed by atoms with Gasteiger partial charge >= 0.3 is 0 Å². The Morgan fingerprint density at radius 1 is 1.16 bits per heavy atom. The fourth-order valence-electron chi connectivity index (χ4n) is 2.74. The van der Waals surface area contributed by atoms with Crippen molar-refractivity contribution in [3.05, 3.63) is 59.7 Å². The molecule has 25 heavy (non-hydrogen) atoms. The highest BCUT2D eigenvalue weighted by atomic mass is 16.5. The number of para-hydroxylation sites is 2. The first-order chi connectivity index (χ1) is 12.1. The zero-order valence-electron chi connectivity index (χ0n) is 14.4. The number of anilines is 1. The largest absolute Gasteiger partial charge is 0.480 e. The molecule has 2 amide bonds. The van der Waals surface area contributed by atoms with Crippen molar-refractivity contribution >= 4 is 17.5 Å². The summed E-state index contributed by atoms with van der Waals surface area (Å²) in [5.74, 6) is 0.298. The molecule has 2 aromatic rings. The molecule has 1 aliphatic heterocycles. The summed E-state index contributed by atoms with van der Waals surface area (Å²) in [6.07, 6.45) is 0.792. The molecule has 0 bridgehead atoms. The van der Waals surface area contributed by atoms with Gasteiger partial charge in [-0.15, -0.1) is 0 Å². The molecule has 0 spiro atoms. The fourth-order valence-corrected chi connectivity index (χ4v) is 2.74. The summed E-state index contributed by atoms with van der Waals surface area (Å²) in [5, 5.41) is 5.76. The number of amides is 2. The number of hydrogen-bond donors (Lipinski definition) is 2. The molecule has 0 fully saturated rings. The summed E-state index contributed by atoms with van der Waals surface area (Å²) in [6.45, 7) is 3.95. The lowest BCUT2D eigenvalue weighted by molar-refractivity contribution is -0.122. The van der Waals surface area contributed by atoms with Crippen LogP contribution in [0.5, 0.6) is 5.75 Å². The lowest BCUT2D eigenvalue weighted by atomic mass is 10.1. The molecule has 1 heterocycles. The highest BCUT2D eigenvalue weighted by Gasteiger charge is 2.29. The van der Waals surface area contributed by atoms with Crippen LogP contribution in [0, 0.1) is 0 Å². The van der Waals surface area contributed by atoms with E-state index < -0.39 is 6.10 Å². The van der Waals surface area contributed by atoms with E-state index in [9.17, 15) is 9.59 Å². The first-order valence-electron chi connectivity index (χ1n) is 8.53. The average molecular weight is 338 g/mol. The van der Waals surface area contributed by atoms with E-state index in [1.165, 1.54) is 0 Å². The van der Waals surface area contributed by atoms with Crippen LogP contribution in [0.25, 0.3) is 0 Å². The summed E-state index contributed by atoms with van der Waals surface area (Å²) in [6, 6.07) is 14.7. The number of carbonyl (C=O) groups is 2. The number of benzene rings is 2. The van der Waals surface area contributed by atoms with Gasteiger partial charge in [-0.3, -0.25) is 9.59 Å². The average Bonchev–Trinajstić information content (AvgIpc) is 3.06. The predicted octanol–water partition coefficient (Wildman–Crippen LogP) is 3.16. The maximum atomic E-state index is 12.6. The van der Waals surface area contributed by atoms with Gasteiger partial charge in [0.25, 0.3) is 11.8 Å². The molecule has 0 aromatic heterocycles. The normalized spacial score (nSPS) is 16.5. The number of fused-ring (bicyclic) bond motifs is 1. The molecule has 0 radical (unpaired) electrons. The quantitative estimate of drug-likeness (QED) is 0.880. The van der Waals surface area contributed by atoms with Crippen LogP contribution in [0.1, 0.15) is 36.2 Å². The molecule has 1 aliphatic rings. The molecule has 0 saturated carbocycles. The molecular formula is C20H22N2O3. The van der Waals surface area contributed by atoms with E-state index in [1.54, 1.807) is 24.3 Å². The third-order valence-corrected chi connectivity index (χ3v) is 4.36. The second kappa shape index (κ2) is 7.38. The van der Waals surface area contributed by atoms with Crippen LogP contribution in [-0.2, 0) is 11.2 Å². The van der Waals surface area contributed by atoms with Gasteiger partial charge in [0.2, 0.25) is 0 Å². The fraction of sp³-hybridized carbons (Fsp3) is 0.300. The Morgan fingerprint density at radius 3 is 2.64 bits per heavy atom. The topological polar surface area (TPSA) is 67.4 Å². The lowest BCUT2D eigenvalue weighted by Crippen LogP contribution is -2.34. The van der Waals surface area contributed by atoms with Gasteiger partial charge < -0.3 is 15.4 Å². The minimum atomic E-state index is -0.580. The smallest absolute Gasteiger partial charge is 0.265 e. The second-order valence-corrected chi connectivity index (χ2v) is 6.24. The third kappa shape index (κ3) is 3.82. The number of nitrogens with one attached hydrogen (secondary N) is 2. The Kier molecular flexibility index (Phi) is 5.03. The summed E-state index contributed by atoms with van der Waals surface area (Å²) in [4.78, 5) is 25.0. The first kappa shape index (κ1) is 17.0. The molecule has 5 heteroatoms. The number of hydrogen-bond acceptors (Lipinski definition) is 3. The van der Waals surface area contributed by atoms with Gasteiger partial charge in [-0.25, -0.2) is 0 Å². The van der Waals surface area contributed by atoms with E-state index in [0.717, 1.165) is 17.7 Å². The van der Waals surface area contributed by atoms with E-state index in [1.807, 2.05) is 38.1 Å². The number of carbonyl (C=O) groups excluding carboxylic acids is 2. The lowest BCUT2D eigenvalue weighted by Gasteiger charge is -2.16. The zero-order valence-corrected chi connectivity index (χ0v) is 14.4. The van der Waals surface area contributed by atoms with Gasteiger partial charge in [0, 0.05) is 12.5 Å². The molecule has 0 saturated heterocycles. The molecule has 0 aliphatic carbocycles. The van der Waals surface area contributed by atoms with Gasteiger partial charge in [0.15, 0.2) is 6.10 Å². The van der Waals surface area contributed by atoms with Crippen molar-refractivity contribution < 1.29 is 14.3 Å². The minimum absolute atomic E-state index is 0.0731. The van der Waals surface area contributed by atoms with Crippen LogP contribution in [0.3, 0.4) is 0 Å². The van der Waals surface area contributed by atoms with Crippen LogP contribution >= 0.6 is 0 Å². The van der Waals surface area contributed by atoms with E-state index in [-0.39, 0.29) is 17.9 Å². The van der Waals surface area contributed by atoms with Crippen LogP contribution < -0.4 is 15.4 Å². The number of rotatable bonds is 5. The minimum Gasteiger partial charge on any atom is -0.480 e. The van der Waals surface area contributed by atoms with Crippen LogP contribution in [0.4, 0.5) is 5.69 Å². The Morgan fingerprint density at radius 2 is 1.88 bits per heavy atom. The zero-order chi connectivity index (χ0) is 17.8. The van der Waals surface area contributed by atoms with Gasteiger partial charge in [0.1, 0.15) is 5.75 Å². The SMILES string of the molecule is CC[C@H](C)NC(=O)c1ccccc1NC(=O)[C@@H]1Cc2ccccc2O1. The Labute approximate surface area is 147 Å². The molecule has 5 nitrogen and oxygen atoms in total. The molecule has 0 unspecified atom stereocenters. The molecule has 2 aromatic carbocycles. The van der Waals surface area contributed by atoms with Crippen molar-refractivity contribution in [1.29, 1.82) is 0 Å². The highest BCUT2D eigenvalue weighted by Crippen LogP contribution is 2.29. The third-order valence-electron chi connectivity index (χ3n) is 4.36. The molecule has 130 valence electrons. The van der Waals surface area contributed by atoms with Crippen LogP contribution in [-0.4, -0.2) is 24.0 Å². The second-order valence-electron chi connectivity index (χ2n) is 6.24. The summed E-state index contributed by atoms with van der Waals surface area (Å²) in [7, 11) is 0. The Balaban J connectivity index is 1.71.